The van der Waals surface area contributed by atoms with E-state index in [1.165, 1.54) is 12.8 Å². The van der Waals surface area contributed by atoms with Gasteiger partial charge in [-0.2, -0.15) is 0 Å². The quantitative estimate of drug-likeness (QED) is 0.867. The van der Waals surface area contributed by atoms with E-state index in [2.05, 4.69) is 15.5 Å². The molecule has 0 spiro atoms. The third-order valence-electron chi connectivity index (χ3n) is 4.90. The minimum absolute atomic E-state index is 0.0426. The Morgan fingerprint density at radius 2 is 2.09 bits per heavy atom. The molecule has 1 amide bonds. The van der Waals surface area contributed by atoms with E-state index in [4.69, 9.17) is 16.3 Å². The van der Waals surface area contributed by atoms with Gasteiger partial charge in [0.25, 0.3) is 0 Å². The molecule has 2 aliphatic rings. The normalized spacial score (nSPS) is 26.3. The summed E-state index contributed by atoms with van der Waals surface area (Å²) in [5, 5.41) is 7.11. The van der Waals surface area contributed by atoms with Gasteiger partial charge in [-0.3, -0.25) is 9.69 Å². The largest absolute Gasteiger partial charge is 0.495 e. The first-order valence-corrected chi connectivity index (χ1v) is 8.52. The van der Waals surface area contributed by atoms with E-state index in [-0.39, 0.29) is 5.91 Å². The molecular formula is C17H24ClN3O2. The lowest BCUT2D eigenvalue weighted by Gasteiger charge is -2.35. The first-order chi connectivity index (χ1) is 11.0. The molecule has 2 unspecified atom stereocenters. The van der Waals surface area contributed by atoms with E-state index in [1.54, 1.807) is 25.3 Å². The molecule has 2 atom stereocenters. The summed E-state index contributed by atoms with van der Waals surface area (Å²) >= 11 is 6.00. The van der Waals surface area contributed by atoms with E-state index in [1.807, 2.05) is 7.05 Å². The van der Waals surface area contributed by atoms with E-state index in [9.17, 15) is 4.79 Å². The maximum Gasteiger partial charge on any atom is 0.238 e. The van der Waals surface area contributed by atoms with Crippen molar-refractivity contribution in [1.82, 2.24) is 10.2 Å². The van der Waals surface area contributed by atoms with Crippen LogP contribution in [0.2, 0.25) is 5.02 Å². The standard InChI is InChI=1S/C17H24ClN3O2/c1-21(14-8-12-4-5-13(9-14)19-12)10-17(22)20-15-7-11(18)3-6-16(15)23-2/h3,6-7,12-14,19H,4-5,8-10H2,1-2H3,(H,20,22). The monoisotopic (exact) mass is 337 g/mol. The van der Waals surface area contributed by atoms with E-state index in [0.29, 0.717) is 41.1 Å². The first-order valence-electron chi connectivity index (χ1n) is 8.15. The number of hydrogen-bond acceptors (Lipinski definition) is 4. The van der Waals surface area contributed by atoms with Gasteiger partial charge in [-0.25, -0.2) is 0 Å². The van der Waals surface area contributed by atoms with Gasteiger partial charge in [0.15, 0.2) is 0 Å². The molecule has 5 nitrogen and oxygen atoms in total. The highest BCUT2D eigenvalue weighted by atomic mass is 35.5. The zero-order chi connectivity index (χ0) is 16.4. The van der Waals surface area contributed by atoms with Crippen molar-refractivity contribution < 1.29 is 9.53 Å². The van der Waals surface area contributed by atoms with Crippen LogP contribution in [0.5, 0.6) is 5.75 Å². The van der Waals surface area contributed by atoms with Gasteiger partial charge in [0.1, 0.15) is 5.75 Å². The van der Waals surface area contributed by atoms with E-state index in [0.717, 1.165) is 12.8 Å². The highest BCUT2D eigenvalue weighted by Crippen LogP contribution is 2.30. The van der Waals surface area contributed by atoms with Gasteiger partial charge in [-0.05, 0) is 50.9 Å². The summed E-state index contributed by atoms with van der Waals surface area (Å²) in [4.78, 5) is 14.5. The molecule has 6 heteroatoms. The van der Waals surface area contributed by atoms with Crippen LogP contribution in [-0.2, 0) is 4.79 Å². The average molecular weight is 338 g/mol. The molecule has 126 valence electrons. The fourth-order valence-corrected chi connectivity index (χ4v) is 3.88. The summed E-state index contributed by atoms with van der Waals surface area (Å²) in [7, 11) is 3.61. The molecule has 2 aliphatic heterocycles. The fraction of sp³-hybridized carbons (Fsp3) is 0.588. The Kier molecular flexibility index (Phi) is 5.09. The van der Waals surface area contributed by atoms with E-state index >= 15 is 0 Å². The number of ether oxygens (including phenoxy) is 1. The van der Waals surface area contributed by atoms with Crippen molar-refractivity contribution >= 4 is 23.2 Å². The molecule has 0 radical (unpaired) electrons. The summed E-state index contributed by atoms with van der Waals surface area (Å²) in [6, 6.07) is 6.93. The van der Waals surface area contributed by atoms with Crippen LogP contribution in [0.25, 0.3) is 0 Å². The van der Waals surface area contributed by atoms with Crippen molar-refractivity contribution in [1.29, 1.82) is 0 Å². The van der Waals surface area contributed by atoms with Gasteiger partial charge in [0, 0.05) is 23.1 Å². The number of amides is 1. The van der Waals surface area contributed by atoms with Gasteiger partial charge >= 0.3 is 0 Å². The SMILES string of the molecule is COc1ccc(Cl)cc1NC(=O)CN(C)C1CC2CCC(C1)N2. The Bertz CT molecular complexity index is 569. The van der Waals surface area contributed by atoms with Crippen molar-refractivity contribution in [3.05, 3.63) is 23.2 Å². The molecule has 0 aliphatic carbocycles. The first kappa shape index (κ1) is 16.6. The number of carbonyl (C=O) groups is 1. The topological polar surface area (TPSA) is 53.6 Å². The van der Waals surface area contributed by atoms with Crippen LogP contribution in [0, 0.1) is 0 Å². The van der Waals surface area contributed by atoms with Crippen LogP contribution in [0.1, 0.15) is 25.7 Å². The summed E-state index contributed by atoms with van der Waals surface area (Å²) in [6.45, 7) is 0.375. The smallest absolute Gasteiger partial charge is 0.238 e. The molecule has 2 fully saturated rings. The van der Waals surface area contributed by atoms with Crippen molar-refractivity contribution in [3.8, 4) is 5.75 Å². The Morgan fingerprint density at radius 3 is 2.74 bits per heavy atom. The molecular weight excluding hydrogens is 314 g/mol. The average Bonchev–Trinajstić information content (AvgIpc) is 2.85. The van der Waals surface area contributed by atoms with Crippen molar-refractivity contribution in [3.63, 3.8) is 0 Å². The molecule has 3 rings (SSSR count). The molecule has 2 bridgehead atoms. The number of fused-ring (bicyclic) bond motifs is 2. The number of carbonyl (C=O) groups excluding carboxylic acids is 1. The second-order valence-corrected chi connectivity index (χ2v) is 7.01. The number of anilines is 1. The summed E-state index contributed by atoms with van der Waals surface area (Å²) in [6.07, 6.45) is 4.78. The Morgan fingerprint density at radius 1 is 1.39 bits per heavy atom. The predicted octanol–water partition coefficient (Wildman–Crippen LogP) is 2.50. The summed E-state index contributed by atoms with van der Waals surface area (Å²) in [5.41, 5.74) is 0.615. The number of rotatable bonds is 5. The third kappa shape index (κ3) is 3.97. The lowest BCUT2D eigenvalue weighted by molar-refractivity contribution is -0.117. The van der Waals surface area contributed by atoms with Gasteiger partial charge in [-0.15, -0.1) is 0 Å². The number of nitrogens with zero attached hydrogens (tertiary/aromatic N) is 1. The molecule has 0 saturated carbocycles. The van der Waals surface area contributed by atoms with Crippen LogP contribution in [0.15, 0.2) is 18.2 Å². The van der Waals surface area contributed by atoms with Gasteiger partial charge in [0.2, 0.25) is 5.91 Å². The molecule has 1 aromatic rings. The molecule has 2 saturated heterocycles. The molecule has 0 aromatic heterocycles. The van der Waals surface area contributed by atoms with Crippen molar-refractivity contribution in [2.45, 2.75) is 43.8 Å². The van der Waals surface area contributed by atoms with Crippen molar-refractivity contribution in [2.75, 3.05) is 26.0 Å². The highest BCUT2D eigenvalue weighted by molar-refractivity contribution is 6.31. The number of halogens is 1. The summed E-state index contributed by atoms with van der Waals surface area (Å²) in [5.74, 6) is 0.573. The second-order valence-electron chi connectivity index (χ2n) is 6.57. The molecule has 2 N–H and O–H groups in total. The lowest BCUT2D eigenvalue weighted by atomic mass is 9.98. The van der Waals surface area contributed by atoms with E-state index < -0.39 is 0 Å². The van der Waals surface area contributed by atoms with Crippen LogP contribution in [0.4, 0.5) is 5.69 Å². The minimum Gasteiger partial charge on any atom is -0.495 e. The number of piperidine rings is 1. The van der Waals surface area contributed by atoms with Crippen LogP contribution in [-0.4, -0.2) is 49.6 Å². The zero-order valence-electron chi connectivity index (χ0n) is 13.6. The lowest BCUT2D eigenvalue weighted by Crippen LogP contribution is -2.48. The molecule has 2 heterocycles. The number of methoxy groups -OCH3 is 1. The summed E-state index contributed by atoms with van der Waals surface area (Å²) < 4.78 is 5.26. The van der Waals surface area contributed by atoms with Crippen LogP contribution < -0.4 is 15.4 Å². The Balaban J connectivity index is 1.58. The molecule has 23 heavy (non-hydrogen) atoms. The number of likely N-dealkylation sites (N-methyl/N-ethyl adjacent to an activating group) is 1. The van der Waals surface area contributed by atoms with Gasteiger partial charge in [0.05, 0.1) is 19.3 Å². The Labute approximate surface area is 142 Å². The highest BCUT2D eigenvalue weighted by Gasteiger charge is 2.35. The molecule has 1 aromatic carbocycles. The zero-order valence-corrected chi connectivity index (χ0v) is 14.4. The Hall–Kier alpha value is -1.30. The van der Waals surface area contributed by atoms with Gasteiger partial charge in [-0.1, -0.05) is 11.6 Å². The number of benzene rings is 1. The third-order valence-corrected chi connectivity index (χ3v) is 5.14. The van der Waals surface area contributed by atoms with Gasteiger partial charge < -0.3 is 15.4 Å². The minimum atomic E-state index is -0.0426. The fourth-order valence-electron chi connectivity index (χ4n) is 3.71. The number of hydrogen-bond donors (Lipinski definition) is 2. The number of nitrogens with one attached hydrogen (secondary N) is 2. The second kappa shape index (κ2) is 7.07. The maximum absolute atomic E-state index is 12.4. The van der Waals surface area contributed by atoms with Crippen molar-refractivity contribution in [2.24, 2.45) is 0 Å². The maximum atomic E-state index is 12.4. The van der Waals surface area contributed by atoms with Crippen LogP contribution >= 0.6 is 11.6 Å². The van der Waals surface area contributed by atoms with Crippen LogP contribution in [0.3, 0.4) is 0 Å². The predicted molar refractivity (Wildman–Crippen MR) is 92.2 cm³/mol.